The van der Waals surface area contributed by atoms with Crippen LogP contribution >= 0.6 is 11.6 Å². The van der Waals surface area contributed by atoms with Gasteiger partial charge in [-0.25, -0.2) is 8.42 Å². The molecule has 0 aromatic heterocycles. The zero-order valence-corrected chi connectivity index (χ0v) is 12.2. The number of hydrogen-bond acceptors (Lipinski definition) is 3. The fraction of sp³-hybridized carbons (Fsp3) is 0.538. The Bertz CT molecular complexity index is 528. The minimum Gasteiger partial charge on any atom is -0.508 e. The van der Waals surface area contributed by atoms with Crippen molar-refractivity contribution in [3.8, 4) is 5.75 Å². The lowest BCUT2D eigenvalue weighted by molar-refractivity contribution is 0.396. The summed E-state index contributed by atoms with van der Waals surface area (Å²) in [5, 5.41) is 9.44. The molecule has 0 radical (unpaired) electrons. The van der Waals surface area contributed by atoms with Gasteiger partial charge in [-0.15, -0.1) is 11.6 Å². The Kier molecular flexibility index (Phi) is 4.71. The van der Waals surface area contributed by atoms with E-state index in [-0.39, 0.29) is 17.5 Å². The van der Waals surface area contributed by atoms with E-state index in [9.17, 15) is 13.5 Å². The Morgan fingerprint density at radius 3 is 2.68 bits per heavy atom. The number of phenols is 1. The van der Waals surface area contributed by atoms with Crippen molar-refractivity contribution >= 4 is 21.6 Å². The maximum absolute atomic E-state index is 12.3. The highest BCUT2D eigenvalue weighted by Crippen LogP contribution is 2.31. The molecule has 1 aromatic rings. The van der Waals surface area contributed by atoms with Crippen molar-refractivity contribution in [1.82, 2.24) is 4.31 Å². The van der Waals surface area contributed by atoms with E-state index in [2.05, 4.69) is 0 Å². The van der Waals surface area contributed by atoms with E-state index in [1.807, 2.05) is 6.07 Å². The summed E-state index contributed by atoms with van der Waals surface area (Å²) in [6, 6.07) is 6.84. The molecule has 4 nitrogen and oxygen atoms in total. The SMILES string of the molecule is O=S(=O)(CCCCl)N(Cc1cccc(O)c1)C1CC1. The van der Waals surface area contributed by atoms with Gasteiger partial charge in [0.2, 0.25) is 10.0 Å². The number of alkyl halides is 1. The summed E-state index contributed by atoms with van der Waals surface area (Å²) < 4.78 is 26.1. The van der Waals surface area contributed by atoms with Gasteiger partial charge in [-0.05, 0) is 37.0 Å². The third-order valence-corrected chi connectivity index (χ3v) is 5.31. The highest BCUT2D eigenvalue weighted by atomic mass is 35.5. The minimum absolute atomic E-state index is 0.0891. The quantitative estimate of drug-likeness (QED) is 0.786. The van der Waals surface area contributed by atoms with Gasteiger partial charge in [0, 0.05) is 18.5 Å². The van der Waals surface area contributed by atoms with Crippen LogP contribution in [0.25, 0.3) is 0 Å². The van der Waals surface area contributed by atoms with Crippen molar-refractivity contribution in [3.63, 3.8) is 0 Å². The predicted octanol–water partition coefficient (Wildman–Crippen LogP) is 2.32. The molecule has 0 spiro atoms. The summed E-state index contributed by atoms with van der Waals surface area (Å²) in [6.07, 6.45) is 2.30. The van der Waals surface area contributed by atoms with Crippen molar-refractivity contribution in [2.24, 2.45) is 0 Å². The summed E-state index contributed by atoms with van der Waals surface area (Å²) in [5.74, 6) is 0.599. The Hall–Kier alpha value is -0.780. The molecule has 1 fully saturated rings. The fourth-order valence-electron chi connectivity index (χ4n) is 2.01. The number of benzene rings is 1. The van der Waals surface area contributed by atoms with Gasteiger partial charge in [0.25, 0.3) is 0 Å². The standard InChI is InChI=1S/C13H18ClNO3S/c14-7-2-8-19(17,18)15(12-5-6-12)10-11-3-1-4-13(16)9-11/h1,3-4,9,12,16H,2,5-8,10H2. The van der Waals surface area contributed by atoms with Gasteiger partial charge in [-0.3, -0.25) is 0 Å². The molecule has 0 bridgehead atoms. The summed E-state index contributed by atoms with van der Waals surface area (Å²) in [6.45, 7) is 0.323. The summed E-state index contributed by atoms with van der Waals surface area (Å²) in [4.78, 5) is 0. The lowest BCUT2D eigenvalue weighted by Crippen LogP contribution is -2.34. The van der Waals surface area contributed by atoms with Crippen LogP contribution in [-0.4, -0.2) is 35.5 Å². The lowest BCUT2D eigenvalue weighted by atomic mass is 10.2. The molecule has 0 aliphatic heterocycles. The van der Waals surface area contributed by atoms with E-state index in [4.69, 9.17) is 11.6 Å². The van der Waals surface area contributed by atoms with Crippen molar-refractivity contribution < 1.29 is 13.5 Å². The van der Waals surface area contributed by atoms with Gasteiger partial charge >= 0.3 is 0 Å². The van der Waals surface area contributed by atoms with Crippen LogP contribution in [-0.2, 0) is 16.6 Å². The second-order valence-electron chi connectivity index (χ2n) is 4.80. The van der Waals surface area contributed by atoms with Crippen molar-refractivity contribution in [2.45, 2.75) is 31.8 Å². The summed E-state index contributed by atoms with van der Waals surface area (Å²) >= 11 is 5.57. The third-order valence-electron chi connectivity index (χ3n) is 3.10. The topological polar surface area (TPSA) is 57.6 Å². The number of hydrogen-bond donors (Lipinski definition) is 1. The van der Waals surface area contributed by atoms with Crippen molar-refractivity contribution in [2.75, 3.05) is 11.6 Å². The highest BCUT2D eigenvalue weighted by Gasteiger charge is 2.36. The van der Waals surface area contributed by atoms with Gasteiger partial charge in [0.05, 0.1) is 5.75 Å². The largest absolute Gasteiger partial charge is 0.508 e. The highest BCUT2D eigenvalue weighted by molar-refractivity contribution is 7.89. The molecule has 1 aromatic carbocycles. The molecule has 1 aliphatic rings. The van der Waals surface area contributed by atoms with E-state index in [0.29, 0.717) is 18.8 Å². The van der Waals surface area contributed by atoms with E-state index < -0.39 is 10.0 Å². The van der Waals surface area contributed by atoms with Crippen LogP contribution in [0.5, 0.6) is 5.75 Å². The first-order valence-electron chi connectivity index (χ1n) is 6.36. The molecule has 106 valence electrons. The van der Waals surface area contributed by atoms with E-state index in [1.165, 1.54) is 0 Å². The molecule has 19 heavy (non-hydrogen) atoms. The summed E-state index contributed by atoms with van der Waals surface area (Å²) in [5.41, 5.74) is 0.807. The smallest absolute Gasteiger partial charge is 0.214 e. The second-order valence-corrected chi connectivity index (χ2v) is 7.22. The van der Waals surface area contributed by atoms with Crippen LogP contribution in [0.1, 0.15) is 24.8 Å². The molecule has 0 atom stereocenters. The van der Waals surface area contributed by atoms with Crippen molar-refractivity contribution in [3.05, 3.63) is 29.8 Å². The predicted molar refractivity (Wildman–Crippen MR) is 75.8 cm³/mol. The van der Waals surface area contributed by atoms with Gasteiger partial charge in [-0.2, -0.15) is 4.31 Å². The minimum atomic E-state index is -3.27. The second kappa shape index (κ2) is 6.11. The Morgan fingerprint density at radius 2 is 2.11 bits per heavy atom. The molecule has 0 amide bonds. The molecule has 2 rings (SSSR count). The zero-order chi connectivity index (χ0) is 13.9. The Labute approximate surface area is 119 Å². The first-order chi connectivity index (χ1) is 9.03. The third kappa shape index (κ3) is 4.09. The van der Waals surface area contributed by atoms with E-state index in [1.54, 1.807) is 22.5 Å². The zero-order valence-electron chi connectivity index (χ0n) is 10.6. The van der Waals surface area contributed by atoms with Gasteiger partial charge < -0.3 is 5.11 Å². The average molecular weight is 304 g/mol. The van der Waals surface area contributed by atoms with Gasteiger partial charge in [0.15, 0.2) is 0 Å². The molecule has 0 unspecified atom stereocenters. The molecule has 1 aliphatic carbocycles. The molecule has 0 heterocycles. The maximum atomic E-state index is 12.3. The van der Waals surface area contributed by atoms with E-state index >= 15 is 0 Å². The van der Waals surface area contributed by atoms with Gasteiger partial charge in [-0.1, -0.05) is 12.1 Å². The first-order valence-corrected chi connectivity index (χ1v) is 8.50. The molecular formula is C13H18ClNO3S. The first kappa shape index (κ1) is 14.6. The number of nitrogens with zero attached hydrogens (tertiary/aromatic N) is 1. The summed E-state index contributed by atoms with van der Waals surface area (Å²) in [7, 11) is -3.27. The van der Waals surface area contributed by atoms with Crippen LogP contribution in [0.15, 0.2) is 24.3 Å². The monoisotopic (exact) mass is 303 g/mol. The molecule has 6 heteroatoms. The van der Waals surface area contributed by atoms with Crippen molar-refractivity contribution in [1.29, 1.82) is 0 Å². The number of phenolic OH excluding ortho intramolecular Hbond substituents is 1. The number of sulfonamides is 1. The Balaban J connectivity index is 2.12. The van der Waals surface area contributed by atoms with E-state index in [0.717, 1.165) is 18.4 Å². The van der Waals surface area contributed by atoms with Crippen LogP contribution in [0.2, 0.25) is 0 Å². The number of halogens is 1. The van der Waals surface area contributed by atoms with Crippen LogP contribution in [0.3, 0.4) is 0 Å². The number of aromatic hydroxyl groups is 1. The Morgan fingerprint density at radius 1 is 1.37 bits per heavy atom. The average Bonchev–Trinajstić information content (AvgIpc) is 3.18. The lowest BCUT2D eigenvalue weighted by Gasteiger charge is -2.22. The molecular weight excluding hydrogens is 286 g/mol. The van der Waals surface area contributed by atoms with Crippen LogP contribution in [0, 0.1) is 0 Å². The normalized spacial score (nSPS) is 15.9. The van der Waals surface area contributed by atoms with Gasteiger partial charge in [0.1, 0.15) is 5.75 Å². The molecule has 1 saturated carbocycles. The molecule has 0 saturated heterocycles. The molecule has 1 N–H and O–H groups in total. The maximum Gasteiger partial charge on any atom is 0.214 e. The van der Waals surface area contributed by atoms with Crippen LogP contribution < -0.4 is 0 Å². The number of rotatable bonds is 7. The fourth-order valence-corrected chi connectivity index (χ4v) is 4.05. The van der Waals surface area contributed by atoms with Crippen LogP contribution in [0.4, 0.5) is 0 Å².